The average Bonchev–Trinajstić information content (AvgIpc) is 2.86. The quantitative estimate of drug-likeness (QED) is 0.276. The second kappa shape index (κ2) is 13.5. The molecule has 216 valence electrons. The number of aliphatic hydroxyl groups excluding tert-OH is 1. The van der Waals surface area contributed by atoms with Crippen LogP contribution >= 0.6 is 0 Å². The Morgan fingerprint density at radius 3 is 1.97 bits per heavy atom. The van der Waals surface area contributed by atoms with Gasteiger partial charge in [-0.1, -0.05) is 78.8 Å². The standard InChI is InChI=1S/C33H49NO5/c1-10-33(11-2,25-14-12-24(22(5)18-25)13-17-28(35)32(7,8)9)26-15-16-27(23(6)19-26)39-20-29(36)34-30(21(3)4)31(37)38/h12,14-16,18-19,21,28,30,35H,10-11,13,17,20H2,1-9H3,(H,34,36)(H,37,38)/t28-,30?/m0/s1. The van der Waals surface area contributed by atoms with Crippen LogP contribution in [0.1, 0.15) is 95.5 Å². The zero-order chi connectivity index (χ0) is 29.5. The third-order valence-electron chi connectivity index (χ3n) is 8.12. The molecule has 0 bridgehead atoms. The lowest BCUT2D eigenvalue weighted by molar-refractivity contribution is -0.143. The molecule has 2 atom stereocenters. The van der Waals surface area contributed by atoms with Gasteiger partial charge in [0.25, 0.3) is 5.91 Å². The molecule has 6 nitrogen and oxygen atoms in total. The van der Waals surface area contributed by atoms with Crippen molar-refractivity contribution in [2.75, 3.05) is 6.61 Å². The third kappa shape index (κ3) is 8.07. The van der Waals surface area contributed by atoms with Crippen molar-refractivity contribution in [3.05, 3.63) is 64.2 Å². The first-order valence-corrected chi connectivity index (χ1v) is 14.2. The summed E-state index contributed by atoms with van der Waals surface area (Å²) in [7, 11) is 0. The molecule has 3 N–H and O–H groups in total. The van der Waals surface area contributed by atoms with E-state index >= 15 is 0 Å². The van der Waals surface area contributed by atoms with Gasteiger partial charge >= 0.3 is 5.97 Å². The largest absolute Gasteiger partial charge is 0.484 e. The molecule has 0 saturated heterocycles. The van der Waals surface area contributed by atoms with Crippen LogP contribution in [0.2, 0.25) is 0 Å². The number of carbonyl (C=O) groups is 2. The van der Waals surface area contributed by atoms with Crippen molar-refractivity contribution < 1.29 is 24.5 Å². The summed E-state index contributed by atoms with van der Waals surface area (Å²) < 4.78 is 5.78. The van der Waals surface area contributed by atoms with E-state index in [1.165, 1.54) is 22.3 Å². The lowest BCUT2D eigenvalue weighted by atomic mass is 9.69. The Kier molecular flexibility index (Phi) is 11.2. The molecule has 2 aromatic rings. The molecule has 0 heterocycles. The van der Waals surface area contributed by atoms with Gasteiger partial charge in [0, 0.05) is 5.41 Å². The molecule has 6 heteroatoms. The molecule has 0 spiro atoms. The lowest BCUT2D eigenvalue weighted by Gasteiger charge is -2.34. The molecule has 0 aromatic heterocycles. The van der Waals surface area contributed by atoms with E-state index in [2.05, 4.69) is 77.2 Å². The zero-order valence-corrected chi connectivity index (χ0v) is 25.4. The first-order chi connectivity index (χ1) is 18.2. The SMILES string of the molecule is CCC(CC)(c1ccc(CC[C@H](O)C(C)(C)C)c(C)c1)c1ccc(OCC(=O)NC(C(=O)O)C(C)C)c(C)c1. The summed E-state index contributed by atoms with van der Waals surface area (Å²) in [6.45, 7) is 18.0. The Balaban J connectivity index is 2.23. The van der Waals surface area contributed by atoms with Gasteiger partial charge in [-0.3, -0.25) is 4.79 Å². The second-order valence-electron chi connectivity index (χ2n) is 12.2. The number of aliphatic hydroxyl groups is 1. The Bertz CT molecular complexity index is 1130. The highest BCUT2D eigenvalue weighted by Crippen LogP contribution is 2.41. The number of amides is 1. The van der Waals surface area contributed by atoms with E-state index in [0.29, 0.717) is 5.75 Å². The maximum Gasteiger partial charge on any atom is 0.326 e. The van der Waals surface area contributed by atoms with E-state index < -0.39 is 17.9 Å². The summed E-state index contributed by atoms with van der Waals surface area (Å²) in [5.74, 6) is -1.13. The number of hydrogen-bond acceptors (Lipinski definition) is 4. The molecule has 2 aromatic carbocycles. The maximum atomic E-state index is 12.3. The van der Waals surface area contributed by atoms with Crippen molar-refractivity contribution in [1.29, 1.82) is 0 Å². The van der Waals surface area contributed by atoms with Gasteiger partial charge in [-0.15, -0.1) is 0 Å². The van der Waals surface area contributed by atoms with Gasteiger partial charge in [0.1, 0.15) is 11.8 Å². The Morgan fingerprint density at radius 2 is 1.51 bits per heavy atom. The van der Waals surface area contributed by atoms with Crippen LogP contribution in [0.15, 0.2) is 36.4 Å². The maximum absolute atomic E-state index is 12.3. The van der Waals surface area contributed by atoms with Crippen molar-refractivity contribution >= 4 is 11.9 Å². The van der Waals surface area contributed by atoms with E-state index in [0.717, 1.165) is 31.2 Å². The molecular formula is C33H49NO5. The smallest absolute Gasteiger partial charge is 0.326 e. The van der Waals surface area contributed by atoms with E-state index in [4.69, 9.17) is 4.74 Å². The lowest BCUT2D eigenvalue weighted by Crippen LogP contribution is -2.46. The summed E-state index contributed by atoms with van der Waals surface area (Å²) >= 11 is 0. The molecule has 0 radical (unpaired) electrons. The summed E-state index contributed by atoms with van der Waals surface area (Å²) in [6.07, 6.45) is 3.10. The topological polar surface area (TPSA) is 95.9 Å². The number of hydrogen-bond donors (Lipinski definition) is 3. The number of aryl methyl sites for hydroxylation is 3. The van der Waals surface area contributed by atoms with E-state index in [1.54, 1.807) is 13.8 Å². The number of rotatable bonds is 13. The highest BCUT2D eigenvalue weighted by atomic mass is 16.5. The van der Waals surface area contributed by atoms with Crippen LogP contribution < -0.4 is 10.1 Å². The third-order valence-corrected chi connectivity index (χ3v) is 8.12. The van der Waals surface area contributed by atoms with Gasteiger partial charge in [-0.05, 0) is 84.7 Å². The number of aliphatic carboxylic acids is 1. The summed E-state index contributed by atoms with van der Waals surface area (Å²) in [6, 6.07) is 11.9. The Labute approximate surface area is 235 Å². The second-order valence-corrected chi connectivity index (χ2v) is 12.2. The van der Waals surface area contributed by atoms with Gasteiger partial charge in [-0.2, -0.15) is 0 Å². The highest BCUT2D eigenvalue weighted by Gasteiger charge is 2.32. The van der Waals surface area contributed by atoms with Crippen LogP contribution in [0.25, 0.3) is 0 Å². The summed E-state index contributed by atoms with van der Waals surface area (Å²) in [5.41, 5.74) is 5.61. The molecule has 0 fully saturated rings. The van der Waals surface area contributed by atoms with Crippen LogP contribution in [-0.2, 0) is 21.4 Å². The first-order valence-electron chi connectivity index (χ1n) is 14.2. The first kappa shape index (κ1) is 32.4. The molecule has 1 unspecified atom stereocenters. The van der Waals surface area contributed by atoms with Crippen LogP contribution in [-0.4, -0.2) is 40.8 Å². The highest BCUT2D eigenvalue weighted by molar-refractivity contribution is 5.84. The van der Waals surface area contributed by atoms with Crippen LogP contribution in [0.4, 0.5) is 0 Å². The number of benzene rings is 2. The predicted octanol–water partition coefficient (Wildman–Crippen LogP) is 6.35. The minimum Gasteiger partial charge on any atom is -0.484 e. The number of carboxylic acid groups (broad SMARTS) is 1. The van der Waals surface area contributed by atoms with Crippen molar-refractivity contribution in [1.82, 2.24) is 5.32 Å². The van der Waals surface area contributed by atoms with Crippen molar-refractivity contribution in [3.63, 3.8) is 0 Å². The monoisotopic (exact) mass is 539 g/mol. The number of carbonyl (C=O) groups excluding carboxylic acids is 1. The van der Waals surface area contributed by atoms with Gasteiger partial charge in [0.15, 0.2) is 6.61 Å². The number of carboxylic acids is 1. The van der Waals surface area contributed by atoms with Crippen LogP contribution in [0.3, 0.4) is 0 Å². The predicted molar refractivity (Wildman–Crippen MR) is 157 cm³/mol. The number of nitrogens with one attached hydrogen (secondary N) is 1. The minimum atomic E-state index is -1.06. The molecular weight excluding hydrogens is 490 g/mol. The van der Waals surface area contributed by atoms with Gasteiger partial charge in [0.2, 0.25) is 0 Å². The number of ether oxygens (including phenoxy) is 1. The Morgan fingerprint density at radius 1 is 0.949 bits per heavy atom. The van der Waals surface area contributed by atoms with E-state index in [9.17, 15) is 19.8 Å². The van der Waals surface area contributed by atoms with Gasteiger partial charge < -0.3 is 20.3 Å². The molecule has 39 heavy (non-hydrogen) atoms. The van der Waals surface area contributed by atoms with Crippen molar-refractivity contribution in [3.8, 4) is 5.75 Å². The van der Waals surface area contributed by atoms with Gasteiger partial charge in [0.05, 0.1) is 6.10 Å². The van der Waals surface area contributed by atoms with E-state index in [-0.39, 0.29) is 29.5 Å². The molecule has 0 saturated carbocycles. The molecule has 0 aliphatic rings. The fourth-order valence-electron chi connectivity index (χ4n) is 5.21. The summed E-state index contributed by atoms with van der Waals surface area (Å²) in [5, 5.41) is 22.3. The fraction of sp³-hybridized carbons (Fsp3) is 0.576. The minimum absolute atomic E-state index is 0.125. The van der Waals surface area contributed by atoms with Crippen LogP contribution in [0, 0.1) is 25.2 Å². The van der Waals surface area contributed by atoms with E-state index in [1.807, 2.05) is 13.0 Å². The average molecular weight is 540 g/mol. The van der Waals surface area contributed by atoms with Crippen molar-refractivity contribution in [2.24, 2.45) is 11.3 Å². The normalized spacial score (nSPS) is 13.7. The molecule has 2 rings (SSSR count). The Hall–Kier alpha value is -2.86. The molecule has 0 aliphatic heterocycles. The summed E-state index contributed by atoms with van der Waals surface area (Å²) in [4.78, 5) is 23.7. The fourth-order valence-corrected chi connectivity index (χ4v) is 5.21. The zero-order valence-electron chi connectivity index (χ0n) is 25.4. The molecule has 0 aliphatic carbocycles. The van der Waals surface area contributed by atoms with Gasteiger partial charge in [-0.25, -0.2) is 4.79 Å². The van der Waals surface area contributed by atoms with Crippen molar-refractivity contribution in [2.45, 2.75) is 106 Å². The van der Waals surface area contributed by atoms with Crippen LogP contribution in [0.5, 0.6) is 5.75 Å². The molecule has 1 amide bonds.